The van der Waals surface area contributed by atoms with E-state index in [1.807, 2.05) is 66.7 Å². The second-order valence-electron chi connectivity index (χ2n) is 7.79. The van der Waals surface area contributed by atoms with Crippen molar-refractivity contribution in [2.75, 3.05) is 18.0 Å². The summed E-state index contributed by atoms with van der Waals surface area (Å²) in [6, 6.07) is 23.4. The summed E-state index contributed by atoms with van der Waals surface area (Å²) in [5.74, 6) is -0.350. The van der Waals surface area contributed by atoms with Crippen molar-refractivity contribution in [2.45, 2.75) is 24.7 Å². The number of anilines is 1. The number of nitrogens with one attached hydrogen (secondary N) is 1. The number of para-hydroxylation sites is 1. The van der Waals surface area contributed by atoms with Gasteiger partial charge in [-0.2, -0.15) is 0 Å². The molecule has 0 atom stereocenters. The van der Waals surface area contributed by atoms with Crippen molar-refractivity contribution in [3.8, 4) is 0 Å². The number of hydrogen-bond donors (Lipinski definition) is 1. The van der Waals surface area contributed by atoms with Crippen molar-refractivity contribution in [1.29, 1.82) is 0 Å². The fraction of sp³-hybridized carbons (Fsp3) is 0.185. The Balaban J connectivity index is 1.47. The Morgan fingerprint density at radius 2 is 1.70 bits per heavy atom. The first-order valence-corrected chi connectivity index (χ1v) is 12.1. The molecule has 33 heavy (non-hydrogen) atoms. The van der Waals surface area contributed by atoms with E-state index in [1.165, 1.54) is 17.3 Å². The van der Waals surface area contributed by atoms with Crippen LogP contribution >= 0.6 is 23.4 Å². The van der Waals surface area contributed by atoms with E-state index in [-0.39, 0.29) is 18.4 Å². The number of thioether (sulfide) groups is 1. The van der Waals surface area contributed by atoms with Gasteiger partial charge in [-0.1, -0.05) is 78.8 Å². The van der Waals surface area contributed by atoms with Gasteiger partial charge in [-0.05, 0) is 59.9 Å². The average molecular weight is 477 g/mol. The smallest absolute Gasteiger partial charge is 0.265 e. The molecular weight excluding hydrogens is 452 g/mol. The van der Waals surface area contributed by atoms with Crippen molar-refractivity contribution < 1.29 is 9.59 Å². The minimum absolute atomic E-state index is 0.0247. The highest BCUT2D eigenvalue weighted by Gasteiger charge is 2.30. The molecule has 2 amide bonds. The predicted molar refractivity (Wildman–Crippen MR) is 137 cm³/mol. The summed E-state index contributed by atoms with van der Waals surface area (Å²) in [5.41, 5.74) is 4.07. The summed E-state index contributed by atoms with van der Waals surface area (Å²) < 4.78 is 0. The molecule has 168 valence electrons. The van der Waals surface area contributed by atoms with Crippen LogP contribution in [0.1, 0.15) is 23.6 Å². The van der Waals surface area contributed by atoms with Gasteiger partial charge in [-0.25, -0.2) is 0 Å². The van der Waals surface area contributed by atoms with Crippen molar-refractivity contribution in [1.82, 2.24) is 5.32 Å². The first-order valence-electron chi connectivity index (χ1n) is 10.9. The summed E-state index contributed by atoms with van der Waals surface area (Å²) in [6.07, 6.45) is 3.56. The van der Waals surface area contributed by atoms with Crippen LogP contribution in [0.25, 0.3) is 6.08 Å². The molecule has 0 spiro atoms. The van der Waals surface area contributed by atoms with Crippen LogP contribution < -0.4 is 10.2 Å². The van der Waals surface area contributed by atoms with E-state index in [2.05, 4.69) is 24.4 Å². The lowest BCUT2D eigenvalue weighted by Gasteiger charge is -2.29. The molecule has 1 aliphatic rings. The second kappa shape index (κ2) is 10.7. The number of carbonyl (C=O) groups is 2. The van der Waals surface area contributed by atoms with Gasteiger partial charge in [0.25, 0.3) is 5.91 Å². The van der Waals surface area contributed by atoms with Crippen LogP contribution in [0.5, 0.6) is 0 Å². The third-order valence-corrected chi connectivity index (χ3v) is 6.80. The lowest BCUT2D eigenvalue weighted by atomic mass is 10.1. The molecular formula is C27H25ClN2O2S. The molecule has 0 aromatic heterocycles. The maximum absolute atomic E-state index is 13.3. The topological polar surface area (TPSA) is 49.4 Å². The Morgan fingerprint density at radius 1 is 1.00 bits per heavy atom. The van der Waals surface area contributed by atoms with Gasteiger partial charge in [-0.15, -0.1) is 0 Å². The highest BCUT2D eigenvalue weighted by Crippen LogP contribution is 2.41. The molecule has 0 unspecified atom stereocenters. The highest BCUT2D eigenvalue weighted by atomic mass is 35.5. The predicted octanol–water partition coefficient (Wildman–Crippen LogP) is 5.74. The van der Waals surface area contributed by atoms with E-state index in [0.717, 1.165) is 28.1 Å². The fourth-order valence-corrected chi connectivity index (χ4v) is 4.80. The Kier molecular flexibility index (Phi) is 7.53. The zero-order chi connectivity index (χ0) is 23.2. The Hall–Kier alpha value is -3.02. The number of rotatable bonds is 7. The number of carbonyl (C=O) groups excluding carboxylic acids is 2. The number of halogens is 1. The van der Waals surface area contributed by atoms with E-state index >= 15 is 0 Å². The van der Waals surface area contributed by atoms with Crippen molar-refractivity contribution >= 4 is 46.9 Å². The maximum Gasteiger partial charge on any atom is 0.265 e. The average Bonchev–Trinajstić information content (AvgIpc) is 2.83. The van der Waals surface area contributed by atoms with Crippen LogP contribution in [0.15, 0.2) is 82.6 Å². The summed E-state index contributed by atoms with van der Waals surface area (Å²) in [4.78, 5) is 29.1. The van der Waals surface area contributed by atoms with Crippen LogP contribution in [0, 0.1) is 0 Å². The Bertz CT molecular complexity index is 1170. The van der Waals surface area contributed by atoms with Crippen LogP contribution in [0.4, 0.5) is 5.69 Å². The quantitative estimate of drug-likeness (QED) is 0.442. The van der Waals surface area contributed by atoms with E-state index in [0.29, 0.717) is 22.9 Å². The molecule has 3 aromatic carbocycles. The highest BCUT2D eigenvalue weighted by molar-refractivity contribution is 8.04. The first kappa shape index (κ1) is 23.1. The number of hydrogen-bond acceptors (Lipinski definition) is 3. The zero-order valence-corrected chi connectivity index (χ0v) is 20.0. The largest absolute Gasteiger partial charge is 0.354 e. The number of amides is 2. The van der Waals surface area contributed by atoms with E-state index < -0.39 is 0 Å². The zero-order valence-electron chi connectivity index (χ0n) is 18.4. The van der Waals surface area contributed by atoms with Crippen LogP contribution in [0.3, 0.4) is 0 Å². The molecule has 4 nitrogen and oxygen atoms in total. The normalized spacial score (nSPS) is 14.3. The van der Waals surface area contributed by atoms with Gasteiger partial charge in [-0.3, -0.25) is 14.5 Å². The molecule has 0 bridgehead atoms. The molecule has 6 heteroatoms. The van der Waals surface area contributed by atoms with E-state index in [1.54, 1.807) is 4.90 Å². The molecule has 1 N–H and O–H groups in total. The van der Waals surface area contributed by atoms with Crippen molar-refractivity contribution in [3.63, 3.8) is 0 Å². The molecule has 1 aliphatic heterocycles. The molecule has 0 saturated carbocycles. The standard InChI is InChI=1S/C27H25ClN2O2S/c1-2-19-7-9-21(10-8-19)17-25-27(32)30(23-5-3-4-6-24(23)33-25)18-26(31)29-16-15-20-11-13-22(28)14-12-20/h3-14,17H,2,15-16,18H2,1H3,(H,29,31). The minimum atomic E-state index is -0.189. The maximum atomic E-state index is 13.3. The van der Waals surface area contributed by atoms with Crippen LogP contribution in [-0.2, 0) is 22.4 Å². The summed E-state index contributed by atoms with van der Waals surface area (Å²) in [6.45, 7) is 2.58. The lowest BCUT2D eigenvalue weighted by Crippen LogP contribution is -2.43. The van der Waals surface area contributed by atoms with Crippen molar-refractivity contribution in [2.24, 2.45) is 0 Å². The molecule has 1 heterocycles. The van der Waals surface area contributed by atoms with Crippen molar-refractivity contribution in [3.05, 3.63) is 99.4 Å². The number of benzene rings is 3. The summed E-state index contributed by atoms with van der Waals surface area (Å²) >= 11 is 7.37. The second-order valence-corrected chi connectivity index (χ2v) is 9.31. The number of aryl methyl sites for hydroxylation is 1. The fourth-order valence-electron chi connectivity index (χ4n) is 3.62. The molecule has 3 aromatic rings. The van der Waals surface area contributed by atoms with Gasteiger partial charge >= 0.3 is 0 Å². The molecule has 0 fully saturated rings. The minimum Gasteiger partial charge on any atom is -0.354 e. The first-order chi connectivity index (χ1) is 16.0. The van der Waals surface area contributed by atoms with Gasteiger partial charge in [0.1, 0.15) is 6.54 Å². The van der Waals surface area contributed by atoms with Crippen LogP contribution in [0.2, 0.25) is 5.02 Å². The summed E-state index contributed by atoms with van der Waals surface area (Å²) in [5, 5.41) is 3.62. The van der Waals surface area contributed by atoms with Gasteiger partial charge < -0.3 is 5.32 Å². The van der Waals surface area contributed by atoms with E-state index in [9.17, 15) is 9.59 Å². The van der Waals surface area contributed by atoms with Crippen LogP contribution in [-0.4, -0.2) is 24.9 Å². The van der Waals surface area contributed by atoms with Gasteiger partial charge in [0, 0.05) is 16.5 Å². The van der Waals surface area contributed by atoms with Gasteiger partial charge in [0.15, 0.2) is 0 Å². The SMILES string of the molecule is CCc1ccc(C=C2Sc3ccccc3N(CC(=O)NCCc3ccc(Cl)cc3)C2=O)cc1. The number of nitrogens with zero attached hydrogens (tertiary/aromatic N) is 1. The van der Waals surface area contributed by atoms with Gasteiger partial charge in [0.05, 0.1) is 10.6 Å². The third-order valence-electron chi connectivity index (χ3n) is 5.47. The lowest BCUT2D eigenvalue weighted by molar-refractivity contribution is -0.122. The Labute approximate surface area is 203 Å². The molecule has 0 aliphatic carbocycles. The molecule has 4 rings (SSSR count). The number of fused-ring (bicyclic) bond motifs is 1. The summed E-state index contributed by atoms with van der Waals surface area (Å²) in [7, 11) is 0. The third kappa shape index (κ3) is 5.86. The monoisotopic (exact) mass is 476 g/mol. The van der Waals surface area contributed by atoms with Gasteiger partial charge in [0.2, 0.25) is 5.91 Å². The Morgan fingerprint density at radius 3 is 2.42 bits per heavy atom. The molecule has 0 radical (unpaired) electrons. The van der Waals surface area contributed by atoms with E-state index in [4.69, 9.17) is 11.6 Å². The molecule has 0 saturated heterocycles.